The van der Waals surface area contributed by atoms with E-state index in [0.29, 0.717) is 47.4 Å². The molecule has 3 aromatic carbocycles. The standard InChI is InChI=1S/C30H33FN2O4/c1-19(2)20-8-13-24(14-9-20)33(29(35)22-10-15-25-26(18-22)37-17-16-36-25)27(28(34)32-30(3,4)5)21-6-11-23(31)12-7-21/h6-15,18-19,27H,16-17H2,1-5H3,(H,32,34). The molecular formula is C30H33FN2O4. The number of carbonyl (C=O) groups excluding carboxylic acids is 2. The van der Waals surface area contributed by atoms with Gasteiger partial charge in [-0.2, -0.15) is 0 Å². The molecule has 1 unspecified atom stereocenters. The van der Waals surface area contributed by atoms with Crippen molar-refractivity contribution in [2.45, 2.75) is 52.1 Å². The number of hydrogen-bond donors (Lipinski definition) is 1. The molecule has 1 N–H and O–H groups in total. The van der Waals surface area contributed by atoms with E-state index in [1.165, 1.54) is 29.2 Å². The zero-order valence-corrected chi connectivity index (χ0v) is 21.9. The maximum Gasteiger partial charge on any atom is 0.259 e. The lowest BCUT2D eigenvalue weighted by Crippen LogP contribution is -2.49. The average molecular weight is 505 g/mol. The van der Waals surface area contributed by atoms with Crippen LogP contribution in [-0.4, -0.2) is 30.6 Å². The molecule has 1 atom stereocenters. The average Bonchev–Trinajstić information content (AvgIpc) is 2.86. The van der Waals surface area contributed by atoms with Gasteiger partial charge in [-0.3, -0.25) is 14.5 Å². The summed E-state index contributed by atoms with van der Waals surface area (Å²) in [5.74, 6) is 0.143. The summed E-state index contributed by atoms with van der Waals surface area (Å²) in [5, 5.41) is 3.00. The van der Waals surface area contributed by atoms with Gasteiger partial charge in [0, 0.05) is 16.8 Å². The van der Waals surface area contributed by atoms with Gasteiger partial charge in [0.15, 0.2) is 11.5 Å². The van der Waals surface area contributed by atoms with Crippen molar-refractivity contribution in [1.82, 2.24) is 5.32 Å². The lowest BCUT2D eigenvalue weighted by molar-refractivity contribution is -0.123. The van der Waals surface area contributed by atoms with Crippen LogP contribution in [0.1, 0.15) is 68.1 Å². The summed E-state index contributed by atoms with van der Waals surface area (Å²) in [4.78, 5) is 29.4. The third kappa shape index (κ3) is 6.10. The van der Waals surface area contributed by atoms with Crippen molar-refractivity contribution < 1.29 is 23.5 Å². The smallest absolute Gasteiger partial charge is 0.259 e. The monoisotopic (exact) mass is 504 g/mol. The molecule has 194 valence electrons. The van der Waals surface area contributed by atoms with Gasteiger partial charge in [-0.15, -0.1) is 0 Å². The first-order valence-electron chi connectivity index (χ1n) is 12.4. The minimum atomic E-state index is -1.05. The number of halogens is 1. The fourth-order valence-electron chi connectivity index (χ4n) is 4.22. The zero-order valence-electron chi connectivity index (χ0n) is 21.9. The maximum atomic E-state index is 14.2. The van der Waals surface area contributed by atoms with E-state index >= 15 is 0 Å². The molecule has 0 aromatic heterocycles. The molecule has 1 heterocycles. The minimum Gasteiger partial charge on any atom is -0.486 e. The van der Waals surface area contributed by atoms with Crippen molar-refractivity contribution in [2.75, 3.05) is 18.1 Å². The molecule has 2 amide bonds. The van der Waals surface area contributed by atoms with Gasteiger partial charge in [0.2, 0.25) is 5.91 Å². The molecule has 0 saturated heterocycles. The molecule has 0 saturated carbocycles. The Morgan fingerprint density at radius 3 is 2.05 bits per heavy atom. The van der Waals surface area contributed by atoms with E-state index in [1.807, 2.05) is 45.0 Å². The van der Waals surface area contributed by atoms with Crippen LogP contribution < -0.4 is 19.7 Å². The van der Waals surface area contributed by atoms with Gasteiger partial charge in [-0.1, -0.05) is 38.1 Å². The number of rotatable bonds is 6. The van der Waals surface area contributed by atoms with Crippen LogP contribution in [-0.2, 0) is 4.79 Å². The molecule has 1 aliphatic rings. The number of anilines is 1. The molecule has 1 aliphatic heterocycles. The Morgan fingerprint density at radius 2 is 1.46 bits per heavy atom. The van der Waals surface area contributed by atoms with Crippen molar-refractivity contribution in [3.05, 3.63) is 89.2 Å². The van der Waals surface area contributed by atoms with Crippen LogP contribution in [0.15, 0.2) is 66.7 Å². The summed E-state index contributed by atoms with van der Waals surface area (Å²) in [5.41, 5.74) is 1.92. The Hall–Kier alpha value is -3.87. The lowest BCUT2D eigenvalue weighted by atomic mass is 9.98. The number of nitrogens with one attached hydrogen (secondary N) is 1. The van der Waals surface area contributed by atoms with E-state index in [2.05, 4.69) is 19.2 Å². The first-order chi connectivity index (χ1) is 17.5. The number of hydrogen-bond acceptors (Lipinski definition) is 4. The SMILES string of the molecule is CC(C)c1ccc(N(C(=O)c2ccc3c(c2)OCCO3)C(C(=O)NC(C)(C)C)c2ccc(F)cc2)cc1. The second-order valence-corrected chi connectivity index (χ2v) is 10.5. The Morgan fingerprint density at radius 1 is 0.865 bits per heavy atom. The van der Waals surface area contributed by atoms with Crippen molar-refractivity contribution in [3.8, 4) is 11.5 Å². The molecule has 0 radical (unpaired) electrons. The van der Waals surface area contributed by atoms with Gasteiger partial charge >= 0.3 is 0 Å². The summed E-state index contributed by atoms with van der Waals surface area (Å²) in [6.45, 7) is 10.6. The zero-order chi connectivity index (χ0) is 26.7. The molecule has 3 aromatic rings. The molecule has 4 rings (SSSR count). The van der Waals surface area contributed by atoms with Crippen LogP contribution in [0.25, 0.3) is 0 Å². The molecule has 37 heavy (non-hydrogen) atoms. The predicted octanol–water partition coefficient (Wildman–Crippen LogP) is 6.02. The van der Waals surface area contributed by atoms with Gasteiger partial charge in [0.25, 0.3) is 5.91 Å². The number of ether oxygens (including phenoxy) is 2. The van der Waals surface area contributed by atoms with E-state index < -0.39 is 23.3 Å². The van der Waals surface area contributed by atoms with Crippen molar-refractivity contribution in [2.24, 2.45) is 0 Å². The summed E-state index contributed by atoms with van der Waals surface area (Å²) in [6.07, 6.45) is 0. The predicted molar refractivity (Wildman–Crippen MR) is 142 cm³/mol. The molecular weight excluding hydrogens is 471 g/mol. The molecule has 0 spiro atoms. The first kappa shape index (κ1) is 26.2. The highest BCUT2D eigenvalue weighted by Gasteiger charge is 2.35. The number of nitrogens with zero attached hydrogens (tertiary/aromatic N) is 1. The second kappa shape index (κ2) is 10.6. The van der Waals surface area contributed by atoms with E-state index in [9.17, 15) is 14.0 Å². The topological polar surface area (TPSA) is 67.9 Å². The van der Waals surface area contributed by atoms with Crippen molar-refractivity contribution in [3.63, 3.8) is 0 Å². The van der Waals surface area contributed by atoms with Crippen LogP contribution in [0.4, 0.5) is 10.1 Å². The van der Waals surface area contributed by atoms with Gasteiger partial charge < -0.3 is 14.8 Å². The molecule has 0 bridgehead atoms. The molecule has 0 fully saturated rings. The Kier molecular flexibility index (Phi) is 7.52. The van der Waals surface area contributed by atoms with Crippen LogP contribution >= 0.6 is 0 Å². The number of carbonyl (C=O) groups is 2. The first-order valence-corrected chi connectivity index (χ1v) is 12.4. The Bertz CT molecular complexity index is 1260. The highest BCUT2D eigenvalue weighted by atomic mass is 19.1. The normalized spacial score (nSPS) is 13.7. The molecule has 0 aliphatic carbocycles. The van der Waals surface area contributed by atoms with Gasteiger partial charge in [-0.05, 0) is 80.3 Å². The molecule has 6 nitrogen and oxygen atoms in total. The summed E-state index contributed by atoms with van der Waals surface area (Å²) >= 11 is 0. The fourth-order valence-corrected chi connectivity index (χ4v) is 4.22. The van der Waals surface area contributed by atoms with Crippen molar-refractivity contribution >= 4 is 17.5 Å². The third-order valence-corrected chi connectivity index (χ3v) is 6.04. The quantitative estimate of drug-likeness (QED) is 0.446. The van der Waals surface area contributed by atoms with E-state index in [0.717, 1.165) is 5.56 Å². The van der Waals surface area contributed by atoms with Gasteiger partial charge in [-0.25, -0.2) is 4.39 Å². The summed E-state index contributed by atoms with van der Waals surface area (Å²) in [7, 11) is 0. The van der Waals surface area contributed by atoms with Crippen LogP contribution in [0.2, 0.25) is 0 Å². The summed E-state index contributed by atoms with van der Waals surface area (Å²) < 4.78 is 25.2. The maximum absolute atomic E-state index is 14.2. The summed E-state index contributed by atoms with van der Waals surface area (Å²) in [6, 6.07) is 17.2. The fraction of sp³-hybridized carbons (Fsp3) is 0.333. The van der Waals surface area contributed by atoms with Crippen molar-refractivity contribution in [1.29, 1.82) is 0 Å². The van der Waals surface area contributed by atoms with Crippen LogP contribution in [0, 0.1) is 5.82 Å². The van der Waals surface area contributed by atoms with E-state index in [-0.39, 0.29) is 5.91 Å². The van der Waals surface area contributed by atoms with Crippen LogP contribution in [0.5, 0.6) is 11.5 Å². The number of amides is 2. The second-order valence-electron chi connectivity index (χ2n) is 10.5. The van der Waals surface area contributed by atoms with Crippen LogP contribution in [0.3, 0.4) is 0 Å². The minimum absolute atomic E-state index is 0.299. The Labute approximate surface area is 217 Å². The van der Waals surface area contributed by atoms with Gasteiger partial charge in [0.1, 0.15) is 25.1 Å². The highest BCUT2D eigenvalue weighted by molar-refractivity contribution is 6.10. The lowest BCUT2D eigenvalue weighted by Gasteiger charge is -2.34. The van der Waals surface area contributed by atoms with E-state index in [4.69, 9.17) is 9.47 Å². The third-order valence-electron chi connectivity index (χ3n) is 6.04. The molecule has 7 heteroatoms. The highest BCUT2D eigenvalue weighted by Crippen LogP contribution is 2.35. The number of fused-ring (bicyclic) bond motifs is 1. The largest absolute Gasteiger partial charge is 0.486 e. The van der Waals surface area contributed by atoms with E-state index in [1.54, 1.807) is 18.2 Å². The Balaban J connectivity index is 1.86. The number of benzene rings is 3. The van der Waals surface area contributed by atoms with Gasteiger partial charge in [0.05, 0.1) is 0 Å².